The quantitative estimate of drug-likeness (QED) is 0.829. The van der Waals surface area contributed by atoms with Gasteiger partial charge < -0.3 is 10.6 Å². The standard InChI is InChI=1S/C16H24F2N2/c1-11(2)10-20(12-6-7-12)9-8-15(19)13-4-3-5-14(17)16(13)18/h3-5,11-12,15H,6-10,19H2,1-2H3. The Morgan fingerprint density at radius 2 is 2.00 bits per heavy atom. The highest BCUT2D eigenvalue weighted by molar-refractivity contribution is 5.22. The summed E-state index contributed by atoms with van der Waals surface area (Å²) in [6, 6.07) is 4.44. The lowest BCUT2D eigenvalue weighted by Crippen LogP contribution is -2.32. The van der Waals surface area contributed by atoms with Crippen LogP contribution in [-0.2, 0) is 0 Å². The molecule has 2 N–H and O–H groups in total. The minimum absolute atomic E-state index is 0.283. The van der Waals surface area contributed by atoms with E-state index in [-0.39, 0.29) is 5.56 Å². The van der Waals surface area contributed by atoms with Crippen LogP contribution in [0.5, 0.6) is 0 Å². The van der Waals surface area contributed by atoms with E-state index in [4.69, 9.17) is 5.73 Å². The zero-order valence-electron chi connectivity index (χ0n) is 12.3. The molecule has 1 unspecified atom stereocenters. The third-order valence-corrected chi connectivity index (χ3v) is 3.77. The van der Waals surface area contributed by atoms with Crippen LogP contribution in [0.15, 0.2) is 18.2 Å². The third-order valence-electron chi connectivity index (χ3n) is 3.77. The molecule has 1 atom stereocenters. The predicted molar refractivity (Wildman–Crippen MR) is 77.3 cm³/mol. The summed E-state index contributed by atoms with van der Waals surface area (Å²) in [5, 5.41) is 0. The van der Waals surface area contributed by atoms with Crippen LogP contribution in [0.3, 0.4) is 0 Å². The van der Waals surface area contributed by atoms with Crippen molar-refractivity contribution in [2.24, 2.45) is 11.7 Å². The van der Waals surface area contributed by atoms with Gasteiger partial charge in [0.2, 0.25) is 0 Å². The van der Waals surface area contributed by atoms with Crippen LogP contribution >= 0.6 is 0 Å². The fourth-order valence-corrected chi connectivity index (χ4v) is 2.60. The van der Waals surface area contributed by atoms with Gasteiger partial charge in [-0.15, -0.1) is 0 Å². The van der Waals surface area contributed by atoms with E-state index in [1.807, 2.05) is 0 Å². The summed E-state index contributed by atoms with van der Waals surface area (Å²) in [7, 11) is 0. The Morgan fingerprint density at radius 3 is 2.60 bits per heavy atom. The van der Waals surface area contributed by atoms with E-state index in [1.54, 1.807) is 6.07 Å². The molecule has 0 amide bonds. The van der Waals surface area contributed by atoms with Crippen LogP contribution in [0, 0.1) is 17.6 Å². The number of hydrogen-bond donors (Lipinski definition) is 1. The molecule has 4 heteroatoms. The molecule has 1 saturated carbocycles. The normalized spacial score (nSPS) is 16.9. The van der Waals surface area contributed by atoms with Crippen LogP contribution in [0.4, 0.5) is 8.78 Å². The van der Waals surface area contributed by atoms with Crippen molar-refractivity contribution in [2.75, 3.05) is 13.1 Å². The monoisotopic (exact) mass is 282 g/mol. The summed E-state index contributed by atoms with van der Waals surface area (Å²) in [5.41, 5.74) is 6.31. The molecule has 0 radical (unpaired) electrons. The topological polar surface area (TPSA) is 29.3 Å². The van der Waals surface area contributed by atoms with E-state index in [9.17, 15) is 8.78 Å². The summed E-state index contributed by atoms with van der Waals surface area (Å²) in [4.78, 5) is 2.43. The summed E-state index contributed by atoms with van der Waals surface area (Å²) in [6.45, 7) is 6.28. The minimum Gasteiger partial charge on any atom is -0.324 e. The zero-order chi connectivity index (χ0) is 14.7. The molecule has 1 aliphatic carbocycles. The lowest BCUT2D eigenvalue weighted by molar-refractivity contribution is 0.225. The van der Waals surface area contributed by atoms with Crippen molar-refractivity contribution in [3.63, 3.8) is 0 Å². The predicted octanol–water partition coefficient (Wildman–Crippen LogP) is 3.48. The van der Waals surface area contributed by atoms with Gasteiger partial charge in [-0.2, -0.15) is 0 Å². The Bertz CT molecular complexity index is 444. The molecule has 0 aromatic heterocycles. The SMILES string of the molecule is CC(C)CN(CCC(N)c1cccc(F)c1F)C1CC1. The molecule has 1 aromatic rings. The Labute approximate surface area is 120 Å². The largest absolute Gasteiger partial charge is 0.324 e. The maximum atomic E-state index is 13.7. The van der Waals surface area contributed by atoms with Crippen LogP contribution in [0.25, 0.3) is 0 Å². The van der Waals surface area contributed by atoms with Crippen molar-refractivity contribution in [1.82, 2.24) is 4.90 Å². The molecule has 0 saturated heterocycles. The van der Waals surface area contributed by atoms with Crippen molar-refractivity contribution in [2.45, 2.75) is 45.2 Å². The van der Waals surface area contributed by atoms with Gasteiger partial charge in [0.15, 0.2) is 11.6 Å². The van der Waals surface area contributed by atoms with Gasteiger partial charge >= 0.3 is 0 Å². The van der Waals surface area contributed by atoms with Gasteiger partial charge in [-0.3, -0.25) is 0 Å². The van der Waals surface area contributed by atoms with Gasteiger partial charge in [0.25, 0.3) is 0 Å². The number of nitrogens with two attached hydrogens (primary N) is 1. The highest BCUT2D eigenvalue weighted by atomic mass is 19.2. The van der Waals surface area contributed by atoms with E-state index in [0.717, 1.165) is 19.2 Å². The first-order valence-corrected chi connectivity index (χ1v) is 7.42. The lowest BCUT2D eigenvalue weighted by atomic mass is 10.0. The molecule has 0 heterocycles. The average Bonchev–Trinajstić information content (AvgIpc) is 3.21. The summed E-state index contributed by atoms with van der Waals surface area (Å²) in [5.74, 6) is -1.02. The van der Waals surface area contributed by atoms with Crippen molar-refractivity contribution < 1.29 is 8.78 Å². The first-order valence-electron chi connectivity index (χ1n) is 7.42. The highest BCUT2D eigenvalue weighted by Gasteiger charge is 2.29. The minimum atomic E-state index is -0.820. The second-order valence-corrected chi connectivity index (χ2v) is 6.16. The van der Waals surface area contributed by atoms with Gasteiger partial charge in [-0.25, -0.2) is 8.78 Å². The first kappa shape index (κ1) is 15.4. The fraction of sp³-hybridized carbons (Fsp3) is 0.625. The van der Waals surface area contributed by atoms with Gasteiger partial charge in [-0.1, -0.05) is 26.0 Å². The van der Waals surface area contributed by atoms with Crippen molar-refractivity contribution in [3.8, 4) is 0 Å². The van der Waals surface area contributed by atoms with Gasteiger partial charge in [0.1, 0.15) is 0 Å². The van der Waals surface area contributed by atoms with Crippen LogP contribution < -0.4 is 5.73 Å². The van der Waals surface area contributed by atoms with E-state index in [0.29, 0.717) is 18.4 Å². The Morgan fingerprint density at radius 1 is 1.30 bits per heavy atom. The summed E-state index contributed by atoms with van der Waals surface area (Å²) < 4.78 is 26.9. The van der Waals surface area contributed by atoms with E-state index in [2.05, 4.69) is 18.7 Å². The average molecular weight is 282 g/mol. The lowest BCUT2D eigenvalue weighted by Gasteiger charge is -2.25. The zero-order valence-corrected chi connectivity index (χ0v) is 12.3. The number of hydrogen-bond acceptors (Lipinski definition) is 2. The molecule has 20 heavy (non-hydrogen) atoms. The molecule has 0 aliphatic heterocycles. The van der Waals surface area contributed by atoms with Crippen LogP contribution in [0.2, 0.25) is 0 Å². The molecule has 1 fully saturated rings. The Hall–Kier alpha value is -1.00. The second kappa shape index (κ2) is 6.64. The maximum absolute atomic E-state index is 13.7. The summed E-state index contributed by atoms with van der Waals surface area (Å²) in [6.07, 6.45) is 3.15. The molecule has 1 aromatic carbocycles. The van der Waals surface area contributed by atoms with E-state index >= 15 is 0 Å². The number of benzene rings is 1. The fourth-order valence-electron chi connectivity index (χ4n) is 2.60. The van der Waals surface area contributed by atoms with Crippen LogP contribution in [-0.4, -0.2) is 24.0 Å². The molecular weight excluding hydrogens is 258 g/mol. The van der Waals surface area contributed by atoms with Gasteiger partial charge in [-0.05, 0) is 31.2 Å². The third kappa shape index (κ3) is 4.00. The molecule has 2 rings (SSSR count). The highest BCUT2D eigenvalue weighted by Crippen LogP contribution is 2.29. The van der Waals surface area contributed by atoms with E-state index < -0.39 is 17.7 Å². The molecular formula is C16H24F2N2. The Balaban J connectivity index is 1.93. The van der Waals surface area contributed by atoms with Crippen molar-refractivity contribution in [1.29, 1.82) is 0 Å². The molecule has 2 nitrogen and oxygen atoms in total. The summed E-state index contributed by atoms with van der Waals surface area (Å²) >= 11 is 0. The van der Waals surface area contributed by atoms with Crippen molar-refractivity contribution >= 4 is 0 Å². The maximum Gasteiger partial charge on any atom is 0.163 e. The Kier molecular flexibility index (Phi) is 5.11. The smallest absolute Gasteiger partial charge is 0.163 e. The van der Waals surface area contributed by atoms with Crippen molar-refractivity contribution in [3.05, 3.63) is 35.4 Å². The van der Waals surface area contributed by atoms with Crippen LogP contribution in [0.1, 0.15) is 44.7 Å². The molecule has 0 bridgehead atoms. The van der Waals surface area contributed by atoms with Gasteiger partial charge in [0, 0.05) is 30.7 Å². The van der Waals surface area contributed by atoms with E-state index in [1.165, 1.54) is 18.9 Å². The molecule has 0 spiro atoms. The first-order chi connectivity index (χ1) is 9.49. The number of nitrogens with zero attached hydrogens (tertiary/aromatic N) is 1. The number of rotatable bonds is 7. The molecule has 1 aliphatic rings. The van der Waals surface area contributed by atoms with Gasteiger partial charge in [0.05, 0.1) is 0 Å². The molecule has 112 valence electrons. The second-order valence-electron chi connectivity index (χ2n) is 6.16. The number of halogens is 2.